The smallest absolute Gasteiger partial charge is 0.319 e. The van der Waals surface area contributed by atoms with E-state index in [1.54, 1.807) is 28.2 Å². The molecular weight excluding hydrogens is 370 g/mol. The summed E-state index contributed by atoms with van der Waals surface area (Å²) in [6.07, 6.45) is 1.75. The Morgan fingerprint density at radius 2 is 1.79 bits per heavy atom. The second kappa shape index (κ2) is 8.61. The fourth-order valence-electron chi connectivity index (χ4n) is 3.31. The Hall–Kier alpha value is -2.60. The highest BCUT2D eigenvalue weighted by Gasteiger charge is 2.20. The minimum absolute atomic E-state index is 0.0334. The van der Waals surface area contributed by atoms with Crippen molar-refractivity contribution in [2.75, 3.05) is 5.32 Å². The molecule has 0 spiro atoms. The Labute approximate surface area is 169 Å². The maximum atomic E-state index is 12.8. The molecule has 6 heteroatoms. The van der Waals surface area contributed by atoms with E-state index in [2.05, 4.69) is 38.3 Å². The average molecular weight is 398 g/mol. The number of pyridine rings is 1. The number of hydrogen-bond donors (Lipinski definition) is 2. The van der Waals surface area contributed by atoms with Crippen LogP contribution in [0.5, 0.6) is 0 Å². The van der Waals surface area contributed by atoms with Crippen molar-refractivity contribution >= 4 is 33.8 Å². The lowest BCUT2D eigenvalue weighted by Gasteiger charge is -2.22. The lowest BCUT2D eigenvalue weighted by molar-refractivity contribution is 0.245. The zero-order valence-electron chi connectivity index (χ0n) is 16.7. The van der Waals surface area contributed by atoms with Gasteiger partial charge in [0.25, 0.3) is 5.56 Å². The van der Waals surface area contributed by atoms with E-state index < -0.39 is 0 Å². The Balaban J connectivity index is 1.91. The number of urea groups is 1. The molecule has 0 aliphatic carbocycles. The summed E-state index contributed by atoms with van der Waals surface area (Å²) in [5.74, 6) is 0.584. The molecule has 0 fully saturated rings. The third-order valence-corrected chi connectivity index (χ3v) is 5.56. The molecule has 0 bridgehead atoms. The van der Waals surface area contributed by atoms with Gasteiger partial charge in [-0.3, -0.25) is 4.79 Å². The van der Waals surface area contributed by atoms with Crippen LogP contribution in [0.3, 0.4) is 0 Å². The van der Waals surface area contributed by atoms with Gasteiger partial charge in [-0.1, -0.05) is 52.0 Å². The van der Waals surface area contributed by atoms with Crippen molar-refractivity contribution in [3.8, 4) is 0 Å². The van der Waals surface area contributed by atoms with E-state index in [0.29, 0.717) is 23.5 Å². The number of fused-ring (bicyclic) bond motifs is 1. The van der Waals surface area contributed by atoms with Gasteiger partial charge in [0.1, 0.15) is 0 Å². The molecule has 2 aromatic heterocycles. The predicted molar refractivity (Wildman–Crippen MR) is 117 cm³/mol. The van der Waals surface area contributed by atoms with Crippen molar-refractivity contribution in [2.24, 2.45) is 11.8 Å². The number of hydrogen-bond acceptors (Lipinski definition) is 3. The number of benzene rings is 1. The molecule has 1 atom stereocenters. The van der Waals surface area contributed by atoms with E-state index in [1.165, 1.54) is 0 Å². The lowest BCUT2D eigenvalue weighted by Crippen LogP contribution is -2.35. The van der Waals surface area contributed by atoms with Crippen molar-refractivity contribution in [3.63, 3.8) is 0 Å². The number of nitrogens with zero attached hydrogens (tertiary/aromatic N) is 1. The molecule has 1 aromatic carbocycles. The molecule has 0 radical (unpaired) electrons. The molecule has 0 aliphatic heterocycles. The van der Waals surface area contributed by atoms with Gasteiger partial charge in [0.05, 0.1) is 11.7 Å². The number of amides is 2. The Kier molecular flexibility index (Phi) is 6.19. The van der Waals surface area contributed by atoms with Crippen LogP contribution in [0.1, 0.15) is 38.6 Å². The van der Waals surface area contributed by atoms with E-state index in [1.807, 2.05) is 35.7 Å². The maximum absolute atomic E-state index is 12.8. The summed E-state index contributed by atoms with van der Waals surface area (Å²) in [5.41, 5.74) is 0.607. The van der Waals surface area contributed by atoms with E-state index >= 15 is 0 Å². The first-order valence-electron chi connectivity index (χ1n) is 9.60. The largest absolute Gasteiger partial charge is 0.330 e. The number of anilines is 1. The van der Waals surface area contributed by atoms with E-state index in [4.69, 9.17) is 0 Å². The van der Waals surface area contributed by atoms with Crippen LogP contribution < -0.4 is 16.2 Å². The first-order chi connectivity index (χ1) is 13.4. The molecule has 3 rings (SSSR count). The molecular formula is C22H27N3O2S. The molecule has 28 heavy (non-hydrogen) atoms. The van der Waals surface area contributed by atoms with Gasteiger partial charge in [-0.2, -0.15) is 0 Å². The highest BCUT2D eigenvalue weighted by atomic mass is 32.1. The number of nitrogens with one attached hydrogen (secondary N) is 2. The molecule has 2 amide bonds. The fourth-order valence-corrected chi connectivity index (χ4v) is 4.26. The topological polar surface area (TPSA) is 63.1 Å². The Morgan fingerprint density at radius 3 is 2.39 bits per heavy atom. The van der Waals surface area contributed by atoms with Crippen molar-refractivity contribution in [1.29, 1.82) is 0 Å². The zero-order chi connectivity index (χ0) is 20.3. The summed E-state index contributed by atoms with van der Waals surface area (Å²) in [4.78, 5) is 26.7. The third kappa shape index (κ3) is 4.44. The number of thiophene rings is 1. The summed E-state index contributed by atoms with van der Waals surface area (Å²) in [6.45, 7) is 8.90. The zero-order valence-corrected chi connectivity index (χ0v) is 17.5. The molecule has 2 N–H and O–H groups in total. The van der Waals surface area contributed by atoms with Gasteiger partial charge in [-0.05, 0) is 29.3 Å². The van der Waals surface area contributed by atoms with Gasteiger partial charge in [-0.25, -0.2) is 4.79 Å². The fraction of sp³-hybridized carbons (Fsp3) is 0.364. The van der Waals surface area contributed by atoms with Crippen LogP contribution in [0.4, 0.5) is 10.5 Å². The van der Waals surface area contributed by atoms with Gasteiger partial charge in [0.2, 0.25) is 0 Å². The van der Waals surface area contributed by atoms with Crippen LogP contribution in [-0.4, -0.2) is 10.6 Å². The van der Waals surface area contributed by atoms with Gasteiger partial charge in [0, 0.05) is 28.4 Å². The molecule has 5 nitrogen and oxygen atoms in total. The van der Waals surface area contributed by atoms with Gasteiger partial charge in [0.15, 0.2) is 0 Å². The number of carbonyl (C=O) groups is 1. The SMILES string of the molecule is CC(C)Cn1cc(NC(=O)N[C@H](c2cccs2)C(C)C)c2ccccc2c1=O. The highest BCUT2D eigenvalue weighted by molar-refractivity contribution is 7.10. The minimum atomic E-state index is -0.271. The second-order valence-corrected chi connectivity index (χ2v) is 8.75. The van der Waals surface area contributed by atoms with Gasteiger partial charge in [-0.15, -0.1) is 11.3 Å². The standard InChI is InChI=1S/C22H27N3O2S/c1-14(2)12-25-13-18(16-8-5-6-9-17(16)21(25)26)23-22(27)24-20(15(3)4)19-10-7-11-28-19/h5-11,13-15,20H,12H2,1-4H3,(H2,23,24,27)/t20-/m0/s1. The van der Waals surface area contributed by atoms with Crippen molar-refractivity contribution in [3.05, 3.63) is 63.2 Å². The molecule has 0 saturated heterocycles. The Morgan fingerprint density at radius 1 is 1.07 bits per heavy atom. The lowest BCUT2D eigenvalue weighted by atomic mass is 10.0. The number of aromatic nitrogens is 1. The van der Waals surface area contributed by atoms with Crippen LogP contribution in [0, 0.1) is 11.8 Å². The van der Waals surface area contributed by atoms with Crippen molar-refractivity contribution < 1.29 is 4.79 Å². The summed E-state index contributed by atoms with van der Waals surface area (Å²) >= 11 is 1.63. The third-order valence-electron chi connectivity index (χ3n) is 4.61. The van der Waals surface area contributed by atoms with Gasteiger partial charge < -0.3 is 15.2 Å². The summed E-state index contributed by atoms with van der Waals surface area (Å²) in [5, 5.41) is 9.42. The van der Waals surface area contributed by atoms with Crippen LogP contribution >= 0.6 is 11.3 Å². The van der Waals surface area contributed by atoms with Crippen LogP contribution in [0.25, 0.3) is 10.8 Å². The number of rotatable bonds is 6. The van der Waals surface area contributed by atoms with Crippen molar-refractivity contribution in [2.45, 2.75) is 40.3 Å². The van der Waals surface area contributed by atoms with Crippen molar-refractivity contribution in [1.82, 2.24) is 9.88 Å². The summed E-state index contributed by atoms with van der Waals surface area (Å²) in [7, 11) is 0. The molecule has 148 valence electrons. The van der Waals surface area contributed by atoms with Crippen LogP contribution in [0.15, 0.2) is 52.8 Å². The van der Waals surface area contributed by atoms with Crippen LogP contribution in [0.2, 0.25) is 0 Å². The normalized spacial score (nSPS) is 12.5. The molecule has 0 unspecified atom stereocenters. The highest BCUT2D eigenvalue weighted by Crippen LogP contribution is 2.26. The minimum Gasteiger partial charge on any atom is -0.330 e. The molecule has 2 heterocycles. The van der Waals surface area contributed by atoms with Crippen LogP contribution in [-0.2, 0) is 6.54 Å². The summed E-state index contributed by atoms with van der Waals surface area (Å²) < 4.78 is 1.68. The summed E-state index contributed by atoms with van der Waals surface area (Å²) in [6, 6.07) is 11.1. The van der Waals surface area contributed by atoms with E-state index in [9.17, 15) is 9.59 Å². The monoisotopic (exact) mass is 397 g/mol. The van der Waals surface area contributed by atoms with E-state index in [-0.39, 0.29) is 23.6 Å². The molecule has 0 aliphatic rings. The van der Waals surface area contributed by atoms with Gasteiger partial charge >= 0.3 is 6.03 Å². The molecule has 3 aromatic rings. The molecule has 0 saturated carbocycles. The van der Waals surface area contributed by atoms with E-state index in [0.717, 1.165) is 10.3 Å². The predicted octanol–water partition coefficient (Wildman–Crippen LogP) is 5.24. The second-order valence-electron chi connectivity index (χ2n) is 7.78. The first-order valence-corrected chi connectivity index (χ1v) is 10.5. The average Bonchev–Trinajstić information content (AvgIpc) is 3.17. The quantitative estimate of drug-likeness (QED) is 0.598. The first kappa shape index (κ1) is 20.1. The Bertz CT molecular complexity index is 1010. The number of carbonyl (C=O) groups excluding carboxylic acids is 1. The maximum Gasteiger partial charge on any atom is 0.319 e.